The van der Waals surface area contributed by atoms with E-state index in [1.165, 1.54) is 6.07 Å². The zero-order valence-electron chi connectivity index (χ0n) is 11.8. The number of carbonyl (C=O) groups excluding carboxylic acids is 1. The van der Waals surface area contributed by atoms with E-state index in [0.717, 1.165) is 5.56 Å². The second kappa shape index (κ2) is 5.73. The third kappa shape index (κ3) is 3.00. The summed E-state index contributed by atoms with van der Waals surface area (Å²) < 4.78 is 6.05. The maximum absolute atomic E-state index is 12.4. The Hall–Kier alpha value is -2.08. The fourth-order valence-electron chi connectivity index (χ4n) is 2.11. The average molecular weight is 352 g/mol. The van der Waals surface area contributed by atoms with Crippen LogP contribution in [0.25, 0.3) is 0 Å². The van der Waals surface area contributed by atoms with Gasteiger partial charge in [0.05, 0.1) is 16.8 Å². The van der Waals surface area contributed by atoms with Crippen LogP contribution in [0.15, 0.2) is 27.1 Å². The van der Waals surface area contributed by atoms with Gasteiger partial charge in [0.2, 0.25) is 0 Å². The Bertz CT molecular complexity index is 734. The molecule has 6 heteroatoms. The molecule has 2 N–H and O–H groups in total. The number of aryl methyl sites for hydroxylation is 2. The summed E-state index contributed by atoms with van der Waals surface area (Å²) >= 11 is 3.21. The van der Waals surface area contributed by atoms with E-state index in [1.54, 1.807) is 32.9 Å². The lowest BCUT2D eigenvalue weighted by atomic mass is 10.1. The number of aromatic carboxylic acids is 1. The Balaban J connectivity index is 2.38. The third-order valence-electron chi connectivity index (χ3n) is 3.25. The Morgan fingerprint density at radius 1 is 1.19 bits per heavy atom. The zero-order chi connectivity index (χ0) is 15.7. The first-order chi connectivity index (χ1) is 9.81. The first-order valence-electron chi connectivity index (χ1n) is 6.22. The summed E-state index contributed by atoms with van der Waals surface area (Å²) in [7, 11) is 0. The topological polar surface area (TPSA) is 79.5 Å². The molecule has 5 nitrogen and oxygen atoms in total. The van der Waals surface area contributed by atoms with Crippen molar-refractivity contribution < 1.29 is 19.1 Å². The van der Waals surface area contributed by atoms with E-state index in [2.05, 4.69) is 21.2 Å². The summed E-state index contributed by atoms with van der Waals surface area (Å²) in [6.45, 7) is 5.27. The zero-order valence-corrected chi connectivity index (χ0v) is 13.4. The van der Waals surface area contributed by atoms with Crippen molar-refractivity contribution >= 4 is 33.5 Å². The number of amides is 1. The molecule has 1 heterocycles. The number of carboxylic acid groups (broad SMARTS) is 1. The molecule has 2 rings (SSSR count). The highest BCUT2D eigenvalue weighted by Gasteiger charge is 2.20. The highest BCUT2D eigenvalue weighted by atomic mass is 79.9. The van der Waals surface area contributed by atoms with E-state index in [0.29, 0.717) is 21.6 Å². The van der Waals surface area contributed by atoms with Crippen molar-refractivity contribution in [1.29, 1.82) is 0 Å². The molecule has 0 aliphatic carbocycles. The summed E-state index contributed by atoms with van der Waals surface area (Å²) in [6.07, 6.45) is 0. The number of benzene rings is 1. The predicted molar refractivity (Wildman–Crippen MR) is 82.0 cm³/mol. The molecule has 2 aromatic rings. The van der Waals surface area contributed by atoms with Gasteiger partial charge < -0.3 is 14.8 Å². The van der Waals surface area contributed by atoms with E-state index in [4.69, 9.17) is 4.42 Å². The van der Waals surface area contributed by atoms with Crippen LogP contribution in [-0.2, 0) is 0 Å². The second-order valence-electron chi connectivity index (χ2n) is 4.66. The maximum atomic E-state index is 12.4. The molecule has 0 saturated carbocycles. The van der Waals surface area contributed by atoms with Crippen LogP contribution in [0.1, 0.15) is 37.8 Å². The van der Waals surface area contributed by atoms with Crippen molar-refractivity contribution in [1.82, 2.24) is 0 Å². The molecule has 0 bridgehead atoms. The van der Waals surface area contributed by atoms with Gasteiger partial charge in [-0.1, -0.05) is 15.9 Å². The highest BCUT2D eigenvalue weighted by Crippen LogP contribution is 2.25. The van der Waals surface area contributed by atoms with Crippen LogP contribution < -0.4 is 5.32 Å². The Kier molecular flexibility index (Phi) is 4.18. The quantitative estimate of drug-likeness (QED) is 0.878. The van der Waals surface area contributed by atoms with Crippen molar-refractivity contribution in [2.75, 3.05) is 5.32 Å². The van der Waals surface area contributed by atoms with Gasteiger partial charge in [-0.15, -0.1) is 0 Å². The van der Waals surface area contributed by atoms with Crippen LogP contribution >= 0.6 is 15.9 Å². The van der Waals surface area contributed by atoms with Crippen molar-refractivity contribution in [2.24, 2.45) is 0 Å². The van der Waals surface area contributed by atoms with E-state index >= 15 is 0 Å². The Morgan fingerprint density at radius 2 is 1.86 bits per heavy atom. The molecule has 110 valence electrons. The predicted octanol–water partition coefficient (Wildman–Crippen LogP) is 3.92. The number of anilines is 1. The molecule has 1 amide bonds. The lowest BCUT2D eigenvalue weighted by Crippen LogP contribution is -2.16. The SMILES string of the molecule is Cc1oc(C)c(C(=O)Nc2ccc(Br)cc2C(=O)O)c1C. The molecule has 0 fully saturated rings. The number of carboxylic acids is 1. The number of carbonyl (C=O) groups is 2. The van der Waals surface area contributed by atoms with Crippen molar-refractivity contribution in [3.63, 3.8) is 0 Å². The van der Waals surface area contributed by atoms with Gasteiger partial charge in [0.25, 0.3) is 5.91 Å². The highest BCUT2D eigenvalue weighted by molar-refractivity contribution is 9.10. The van der Waals surface area contributed by atoms with Gasteiger partial charge in [-0.25, -0.2) is 4.79 Å². The fourth-order valence-corrected chi connectivity index (χ4v) is 2.48. The van der Waals surface area contributed by atoms with E-state index in [-0.39, 0.29) is 17.2 Å². The minimum Gasteiger partial charge on any atom is -0.478 e. The molecule has 21 heavy (non-hydrogen) atoms. The lowest BCUT2D eigenvalue weighted by Gasteiger charge is -2.09. The first kappa shape index (κ1) is 15.3. The van der Waals surface area contributed by atoms with Crippen molar-refractivity contribution in [3.8, 4) is 0 Å². The summed E-state index contributed by atoms with van der Waals surface area (Å²) in [5, 5.41) is 11.8. The van der Waals surface area contributed by atoms with Gasteiger partial charge in [0.15, 0.2) is 0 Å². The molecule has 0 atom stereocenters. The summed E-state index contributed by atoms with van der Waals surface area (Å²) in [6, 6.07) is 4.66. The molecular weight excluding hydrogens is 338 g/mol. The van der Waals surface area contributed by atoms with E-state index in [1.807, 2.05) is 0 Å². The van der Waals surface area contributed by atoms with Gasteiger partial charge in [-0.2, -0.15) is 0 Å². The molecule has 1 aromatic carbocycles. The second-order valence-corrected chi connectivity index (χ2v) is 5.58. The normalized spacial score (nSPS) is 10.5. The largest absolute Gasteiger partial charge is 0.478 e. The van der Waals surface area contributed by atoms with Crippen LogP contribution in [0.5, 0.6) is 0 Å². The molecule has 0 aliphatic rings. The number of hydrogen-bond acceptors (Lipinski definition) is 3. The van der Waals surface area contributed by atoms with E-state index in [9.17, 15) is 14.7 Å². The van der Waals surface area contributed by atoms with Crippen molar-refractivity contribution in [3.05, 3.63) is 50.9 Å². The average Bonchev–Trinajstić information content (AvgIpc) is 2.65. The maximum Gasteiger partial charge on any atom is 0.337 e. The van der Waals surface area contributed by atoms with Gasteiger partial charge in [0.1, 0.15) is 11.5 Å². The molecule has 1 aromatic heterocycles. The van der Waals surface area contributed by atoms with E-state index < -0.39 is 5.97 Å². The Morgan fingerprint density at radius 3 is 2.38 bits per heavy atom. The molecule has 0 radical (unpaired) electrons. The minimum atomic E-state index is -1.11. The van der Waals surface area contributed by atoms with Crippen LogP contribution in [0.4, 0.5) is 5.69 Å². The first-order valence-corrected chi connectivity index (χ1v) is 7.01. The number of furan rings is 1. The smallest absolute Gasteiger partial charge is 0.337 e. The van der Waals surface area contributed by atoms with Gasteiger partial charge in [0, 0.05) is 10.0 Å². The number of halogens is 1. The Labute approximate surface area is 130 Å². The summed E-state index contributed by atoms with van der Waals surface area (Å²) in [5.74, 6) is -0.307. The van der Waals surface area contributed by atoms with Crippen LogP contribution in [0, 0.1) is 20.8 Å². The van der Waals surface area contributed by atoms with Gasteiger partial charge >= 0.3 is 5.97 Å². The lowest BCUT2D eigenvalue weighted by molar-refractivity contribution is 0.0698. The minimum absolute atomic E-state index is 0.0215. The third-order valence-corrected chi connectivity index (χ3v) is 3.74. The summed E-state index contributed by atoms with van der Waals surface area (Å²) in [5.41, 5.74) is 1.45. The monoisotopic (exact) mass is 351 g/mol. The number of rotatable bonds is 3. The summed E-state index contributed by atoms with van der Waals surface area (Å²) in [4.78, 5) is 23.6. The number of nitrogens with one attached hydrogen (secondary N) is 1. The van der Waals surface area contributed by atoms with Crippen LogP contribution in [0.2, 0.25) is 0 Å². The van der Waals surface area contributed by atoms with Crippen molar-refractivity contribution in [2.45, 2.75) is 20.8 Å². The molecular formula is C15H14BrNO4. The van der Waals surface area contributed by atoms with Gasteiger partial charge in [-0.05, 0) is 39.0 Å². The fraction of sp³-hybridized carbons (Fsp3) is 0.200. The number of hydrogen-bond donors (Lipinski definition) is 2. The molecule has 0 spiro atoms. The van der Waals surface area contributed by atoms with Crippen LogP contribution in [0.3, 0.4) is 0 Å². The molecule has 0 saturated heterocycles. The van der Waals surface area contributed by atoms with Crippen LogP contribution in [-0.4, -0.2) is 17.0 Å². The van der Waals surface area contributed by atoms with Gasteiger partial charge in [-0.3, -0.25) is 4.79 Å². The standard InChI is InChI=1S/C15H14BrNO4/c1-7-8(2)21-9(3)13(7)14(18)17-12-5-4-10(16)6-11(12)15(19)20/h4-6H,1-3H3,(H,17,18)(H,19,20). The molecule has 0 unspecified atom stereocenters. The molecule has 0 aliphatic heterocycles.